The number of aldehydes is 1. The van der Waals surface area contributed by atoms with Crippen molar-refractivity contribution in [3.05, 3.63) is 51.7 Å². The number of halogens is 3. The molecule has 0 radical (unpaired) electrons. The maximum atomic E-state index is 13.9. The fourth-order valence-corrected chi connectivity index (χ4v) is 3.93. The summed E-state index contributed by atoms with van der Waals surface area (Å²) in [5, 5.41) is 41.8. The standard InChI is InChI=1S/C20H18F3NO7S/c21-20(22,23)16-10-4-3-9(24-11(7-25)17(28)18(29)12(27)8-26)6-13(10)31-19(30)15(16)14-2-1-5-32-14/h1-7,11-12,17-18,24,26-29H,8H2/t11-,12+,17+,18+/m0/s1. The molecule has 8 nitrogen and oxygen atoms in total. The molecule has 0 aliphatic heterocycles. The van der Waals surface area contributed by atoms with Gasteiger partial charge in [-0.25, -0.2) is 4.79 Å². The number of rotatable bonds is 8. The van der Waals surface area contributed by atoms with E-state index in [1.165, 1.54) is 23.6 Å². The van der Waals surface area contributed by atoms with Crippen molar-refractivity contribution in [2.24, 2.45) is 0 Å². The van der Waals surface area contributed by atoms with Crippen LogP contribution in [0.5, 0.6) is 0 Å². The molecule has 32 heavy (non-hydrogen) atoms. The summed E-state index contributed by atoms with van der Waals surface area (Å²) in [5.41, 5.74) is -3.38. The Labute approximate surface area is 182 Å². The summed E-state index contributed by atoms with van der Waals surface area (Å²) in [5.74, 6) is 0. The number of anilines is 1. The van der Waals surface area contributed by atoms with Crippen LogP contribution in [-0.2, 0) is 11.0 Å². The van der Waals surface area contributed by atoms with E-state index in [0.717, 1.165) is 23.5 Å². The maximum Gasteiger partial charge on any atom is 0.418 e. The van der Waals surface area contributed by atoms with E-state index >= 15 is 0 Å². The Morgan fingerprint density at radius 1 is 1.16 bits per heavy atom. The minimum absolute atomic E-state index is 0.000476. The molecule has 0 unspecified atom stereocenters. The molecule has 0 aliphatic carbocycles. The topological polar surface area (TPSA) is 140 Å². The number of aliphatic hydroxyl groups excluding tert-OH is 4. The molecule has 3 rings (SSSR count). The quantitative estimate of drug-likeness (QED) is 0.246. The van der Waals surface area contributed by atoms with Gasteiger partial charge in [0.1, 0.15) is 36.2 Å². The molecule has 5 N–H and O–H groups in total. The van der Waals surface area contributed by atoms with Crippen LogP contribution in [0.15, 0.2) is 44.9 Å². The van der Waals surface area contributed by atoms with Gasteiger partial charge in [0.05, 0.1) is 17.7 Å². The molecular formula is C20H18F3NO7S. The molecule has 2 aromatic heterocycles. The zero-order chi connectivity index (χ0) is 23.6. The van der Waals surface area contributed by atoms with Gasteiger partial charge in [0.2, 0.25) is 0 Å². The third-order valence-corrected chi connectivity index (χ3v) is 5.63. The summed E-state index contributed by atoms with van der Waals surface area (Å²) in [4.78, 5) is 23.9. The maximum absolute atomic E-state index is 13.9. The lowest BCUT2D eigenvalue weighted by molar-refractivity contribution is -0.136. The summed E-state index contributed by atoms with van der Waals surface area (Å²) < 4.78 is 46.7. The summed E-state index contributed by atoms with van der Waals surface area (Å²) >= 11 is 0.953. The summed E-state index contributed by atoms with van der Waals surface area (Å²) in [6.45, 7) is -0.877. The molecule has 12 heteroatoms. The van der Waals surface area contributed by atoms with Crippen LogP contribution >= 0.6 is 11.3 Å². The number of fused-ring (bicyclic) bond motifs is 1. The fraction of sp³-hybridized carbons (Fsp3) is 0.300. The van der Waals surface area contributed by atoms with Gasteiger partial charge in [-0.1, -0.05) is 6.07 Å². The average molecular weight is 473 g/mol. The first-order valence-corrected chi connectivity index (χ1v) is 10.0. The van der Waals surface area contributed by atoms with Crippen molar-refractivity contribution in [2.75, 3.05) is 11.9 Å². The van der Waals surface area contributed by atoms with Crippen LogP contribution in [0.3, 0.4) is 0 Å². The smallest absolute Gasteiger partial charge is 0.418 e. The van der Waals surface area contributed by atoms with Crippen LogP contribution in [0.4, 0.5) is 18.9 Å². The molecule has 0 saturated heterocycles. The highest BCUT2D eigenvalue weighted by molar-refractivity contribution is 7.13. The third-order valence-electron chi connectivity index (χ3n) is 4.74. The molecule has 0 saturated carbocycles. The Morgan fingerprint density at radius 3 is 2.44 bits per heavy atom. The van der Waals surface area contributed by atoms with Crippen LogP contribution in [0.25, 0.3) is 21.4 Å². The van der Waals surface area contributed by atoms with Gasteiger partial charge < -0.3 is 35.0 Å². The lowest BCUT2D eigenvalue weighted by Gasteiger charge is -2.27. The highest BCUT2D eigenvalue weighted by Crippen LogP contribution is 2.41. The highest BCUT2D eigenvalue weighted by atomic mass is 32.1. The number of hydrogen-bond donors (Lipinski definition) is 5. The van der Waals surface area contributed by atoms with Gasteiger partial charge in [0, 0.05) is 22.0 Å². The number of carbonyl (C=O) groups is 1. The van der Waals surface area contributed by atoms with Crippen molar-refractivity contribution in [1.82, 2.24) is 0 Å². The van der Waals surface area contributed by atoms with Crippen molar-refractivity contribution in [3.63, 3.8) is 0 Å². The molecule has 3 aromatic rings. The summed E-state index contributed by atoms with van der Waals surface area (Å²) in [6, 6.07) is 4.65. The lowest BCUT2D eigenvalue weighted by Crippen LogP contribution is -2.49. The van der Waals surface area contributed by atoms with E-state index in [0.29, 0.717) is 0 Å². The van der Waals surface area contributed by atoms with Gasteiger partial charge in [0.15, 0.2) is 0 Å². The minimum Gasteiger partial charge on any atom is -0.422 e. The number of thiophene rings is 1. The molecule has 172 valence electrons. The van der Waals surface area contributed by atoms with E-state index in [1.54, 1.807) is 0 Å². The van der Waals surface area contributed by atoms with E-state index < -0.39 is 59.5 Å². The van der Waals surface area contributed by atoms with Crippen molar-refractivity contribution in [3.8, 4) is 10.4 Å². The van der Waals surface area contributed by atoms with Crippen molar-refractivity contribution in [2.45, 2.75) is 30.5 Å². The van der Waals surface area contributed by atoms with Gasteiger partial charge >= 0.3 is 11.8 Å². The van der Waals surface area contributed by atoms with Gasteiger partial charge in [-0.2, -0.15) is 13.2 Å². The third kappa shape index (κ3) is 4.69. The van der Waals surface area contributed by atoms with Crippen molar-refractivity contribution >= 4 is 34.3 Å². The number of aliphatic hydroxyl groups is 4. The number of nitrogens with one attached hydrogen (secondary N) is 1. The van der Waals surface area contributed by atoms with Gasteiger partial charge in [-0.15, -0.1) is 11.3 Å². The Hall–Kier alpha value is -2.77. The SMILES string of the molecule is O=C[C@H](Nc1ccc2c(C(F)(F)F)c(-c3cccs3)c(=O)oc2c1)[C@@H](O)[C@H](O)[C@H](O)CO. The zero-order valence-electron chi connectivity index (χ0n) is 16.1. The second kappa shape index (κ2) is 9.38. The summed E-state index contributed by atoms with van der Waals surface area (Å²) in [6.07, 6.45) is -10.1. The molecule has 2 heterocycles. The zero-order valence-corrected chi connectivity index (χ0v) is 16.9. The Morgan fingerprint density at radius 2 is 1.88 bits per heavy atom. The van der Waals surface area contributed by atoms with E-state index in [4.69, 9.17) is 9.52 Å². The van der Waals surface area contributed by atoms with Crippen LogP contribution in [0, 0.1) is 0 Å². The molecule has 1 aromatic carbocycles. The predicted octanol–water partition coefficient (Wildman–Crippen LogP) is 1.59. The average Bonchev–Trinajstić information content (AvgIpc) is 3.28. The van der Waals surface area contributed by atoms with Crippen molar-refractivity contribution < 1.29 is 42.8 Å². The Kier molecular flexibility index (Phi) is 7.00. The lowest BCUT2D eigenvalue weighted by atomic mass is 10.0. The highest BCUT2D eigenvalue weighted by Gasteiger charge is 2.38. The first kappa shape index (κ1) is 23.9. The van der Waals surface area contributed by atoms with Crippen LogP contribution in [-0.4, -0.2) is 57.7 Å². The minimum atomic E-state index is -4.87. The molecular weight excluding hydrogens is 455 g/mol. The van der Waals surface area contributed by atoms with E-state index in [9.17, 15) is 38.1 Å². The summed E-state index contributed by atoms with van der Waals surface area (Å²) in [7, 11) is 0. The Balaban J connectivity index is 2.05. The molecule has 0 spiro atoms. The van der Waals surface area contributed by atoms with Gasteiger partial charge in [0.25, 0.3) is 0 Å². The van der Waals surface area contributed by atoms with Crippen LogP contribution < -0.4 is 10.9 Å². The van der Waals surface area contributed by atoms with E-state index in [-0.39, 0.29) is 22.2 Å². The monoisotopic (exact) mass is 473 g/mol. The van der Waals surface area contributed by atoms with Crippen LogP contribution in [0.2, 0.25) is 0 Å². The second-order valence-electron chi connectivity index (χ2n) is 6.86. The predicted molar refractivity (Wildman–Crippen MR) is 109 cm³/mol. The van der Waals surface area contributed by atoms with Crippen molar-refractivity contribution in [1.29, 1.82) is 0 Å². The fourth-order valence-electron chi connectivity index (χ4n) is 3.17. The van der Waals surface area contributed by atoms with Gasteiger partial charge in [-0.3, -0.25) is 0 Å². The second-order valence-corrected chi connectivity index (χ2v) is 7.81. The van der Waals surface area contributed by atoms with Gasteiger partial charge in [-0.05, 0) is 23.6 Å². The molecule has 0 fully saturated rings. The molecule has 4 atom stereocenters. The Bertz CT molecular complexity index is 1150. The number of hydrogen-bond acceptors (Lipinski definition) is 9. The normalized spacial score (nSPS) is 15.8. The first-order chi connectivity index (χ1) is 15.1. The molecule has 0 aliphatic rings. The van der Waals surface area contributed by atoms with E-state index in [1.807, 2.05) is 0 Å². The van der Waals surface area contributed by atoms with Crippen LogP contribution in [0.1, 0.15) is 5.56 Å². The molecule has 0 amide bonds. The van der Waals surface area contributed by atoms with E-state index in [2.05, 4.69) is 5.32 Å². The largest absolute Gasteiger partial charge is 0.422 e. The first-order valence-electron chi connectivity index (χ1n) is 9.17. The number of benzene rings is 1. The number of alkyl halides is 3. The molecule has 0 bridgehead atoms. The number of carbonyl (C=O) groups excluding carboxylic acids is 1.